The first-order valence-corrected chi connectivity index (χ1v) is 7.84. The third-order valence-corrected chi connectivity index (χ3v) is 4.90. The fourth-order valence-electron chi connectivity index (χ4n) is 1.69. The van der Waals surface area contributed by atoms with Crippen molar-refractivity contribution in [1.29, 1.82) is 0 Å². The van der Waals surface area contributed by atoms with Crippen molar-refractivity contribution in [2.45, 2.75) is 4.90 Å². The highest BCUT2D eigenvalue weighted by Gasteiger charge is 2.22. The fraction of sp³-hybridized carbons (Fsp3) is 0. The predicted molar refractivity (Wildman–Crippen MR) is 78.0 cm³/mol. The predicted octanol–water partition coefficient (Wildman–Crippen LogP) is 2.16. The summed E-state index contributed by atoms with van der Waals surface area (Å²) in [5.41, 5.74) is -0.419. The van der Waals surface area contributed by atoms with Crippen LogP contribution in [0.25, 0.3) is 0 Å². The molecule has 0 aromatic heterocycles. The molecule has 0 heterocycles. The van der Waals surface area contributed by atoms with Crippen LogP contribution in [-0.4, -0.2) is 14.4 Å². The van der Waals surface area contributed by atoms with Crippen LogP contribution >= 0.6 is 23.2 Å². The van der Waals surface area contributed by atoms with Gasteiger partial charge in [0.25, 0.3) is 10.0 Å². The van der Waals surface area contributed by atoms with Crippen molar-refractivity contribution in [1.82, 2.24) is 0 Å². The van der Waals surface area contributed by atoms with Crippen LogP contribution < -0.4 is 9.83 Å². The van der Waals surface area contributed by atoms with Gasteiger partial charge in [-0.25, -0.2) is 8.42 Å². The number of para-hydroxylation sites is 1. The van der Waals surface area contributed by atoms with Crippen LogP contribution in [0.3, 0.4) is 0 Å². The van der Waals surface area contributed by atoms with Crippen molar-refractivity contribution >= 4 is 44.9 Å². The van der Waals surface area contributed by atoms with Gasteiger partial charge in [0, 0.05) is 5.56 Å². The van der Waals surface area contributed by atoms with Gasteiger partial charge in [-0.15, -0.1) is 0 Å². The van der Waals surface area contributed by atoms with Gasteiger partial charge in [-0.1, -0.05) is 47.5 Å². The van der Waals surface area contributed by atoms with Crippen molar-refractivity contribution in [2.24, 2.45) is 0 Å². The third-order valence-electron chi connectivity index (χ3n) is 2.58. The number of halogens is 2. The molecule has 0 radical (unpaired) electrons. The first-order valence-electron chi connectivity index (χ1n) is 5.60. The quantitative estimate of drug-likeness (QED) is 0.920. The number of aromatic carboxylic acids is 1. The minimum atomic E-state index is -4.14. The zero-order chi connectivity index (χ0) is 15.6. The Labute approximate surface area is 131 Å². The molecule has 8 heteroatoms. The molecule has 110 valence electrons. The van der Waals surface area contributed by atoms with E-state index in [-0.39, 0.29) is 26.2 Å². The normalized spacial score (nSPS) is 11.1. The average Bonchev–Trinajstić information content (AvgIpc) is 2.37. The lowest BCUT2D eigenvalue weighted by atomic mass is 10.2. The summed E-state index contributed by atoms with van der Waals surface area (Å²) >= 11 is 11.7. The molecule has 0 bridgehead atoms. The molecule has 2 aromatic rings. The van der Waals surface area contributed by atoms with Crippen molar-refractivity contribution in [2.75, 3.05) is 4.72 Å². The van der Waals surface area contributed by atoms with Crippen molar-refractivity contribution in [3.8, 4) is 0 Å². The fourth-order valence-corrected chi connectivity index (χ4v) is 3.91. The van der Waals surface area contributed by atoms with E-state index in [1.54, 1.807) is 0 Å². The van der Waals surface area contributed by atoms with Gasteiger partial charge >= 0.3 is 0 Å². The minimum absolute atomic E-state index is 0.0686. The van der Waals surface area contributed by atoms with Crippen LogP contribution in [0.1, 0.15) is 10.4 Å². The smallest absolute Gasteiger partial charge is 0.264 e. The second-order valence-electron chi connectivity index (χ2n) is 3.99. The zero-order valence-electron chi connectivity index (χ0n) is 10.3. The van der Waals surface area contributed by atoms with Gasteiger partial charge in [-0.05, 0) is 18.2 Å². The number of hydrogen-bond acceptors (Lipinski definition) is 4. The highest BCUT2D eigenvalue weighted by molar-refractivity contribution is 7.93. The third kappa shape index (κ3) is 3.29. The minimum Gasteiger partial charge on any atom is -0.545 e. The van der Waals surface area contributed by atoms with Gasteiger partial charge in [-0.3, -0.25) is 4.72 Å². The van der Waals surface area contributed by atoms with Crippen molar-refractivity contribution < 1.29 is 18.3 Å². The zero-order valence-corrected chi connectivity index (χ0v) is 12.7. The van der Waals surface area contributed by atoms with Gasteiger partial charge in [0.1, 0.15) is 4.90 Å². The number of rotatable bonds is 4. The van der Waals surface area contributed by atoms with E-state index in [0.717, 1.165) is 0 Å². The number of benzene rings is 2. The standard InChI is InChI=1S/C13H9Cl2NO4S/c14-9-5-3-6-10(15)12(9)21(19,20)16-11-7-2-1-4-8(11)13(17)18/h1-7,16H,(H,17,18)/p-1. The molecule has 21 heavy (non-hydrogen) atoms. The molecule has 0 saturated heterocycles. The molecule has 0 aliphatic rings. The average molecular weight is 345 g/mol. The second-order valence-corrected chi connectivity index (χ2v) is 6.42. The summed E-state index contributed by atoms with van der Waals surface area (Å²) in [6.45, 7) is 0. The lowest BCUT2D eigenvalue weighted by molar-refractivity contribution is -0.254. The van der Waals surface area contributed by atoms with E-state index in [9.17, 15) is 18.3 Å². The van der Waals surface area contributed by atoms with E-state index in [2.05, 4.69) is 4.72 Å². The van der Waals surface area contributed by atoms with Crippen LogP contribution in [0.15, 0.2) is 47.4 Å². The molecular weight excluding hydrogens is 337 g/mol. The van der Waals surface area contributed by atoms with Crippen LogP contribution in [0.5, 0.6) is 0 Å². The lowest BCUT2D eigenvalue weighted by Crippen LogP contribution is -2.25. The summed E-state index contributed by atoms with van der Waals surface area (Å²) < 4.78 is 26.8. The summed E-state index contributed by atoms with van der Waals surface area (Å²) in [6.07, 6.45) is 0. The molecule has 0 unspecified atom stereocenters. The summed E-state index contributed by atoms with van der Waals surface area (Å²) in [7, 11) is -4.14. The Bertz CT molecular complexity index is 785. The summed E-state index contributed by atoms with van der Waals surface area (Å²) in [6, 6.07) is 9.69. The topological polar surface area (TPSA) is 86.3 Å². The molecule has 0 amide bonds. The number of anilines is 1. The molecule has 0 aliphatic carbocycles. The van der Waals surface area contributed by atoms with Gasteiger partial charge in [0.15, 0.2) is 0 Å². The number of carboxylic acids is 1. The van der Waals surface area contributed by atoms with Gasteiger partial charge in [0.05, 0.1) is 21.7 Å². The Morgan fingerprint density at radius 3 is 2.14 bits per heavy atom. The molecule has 0 fully saturated rings. The molecule has 0 spiro atoms. The summed E-state index contributed by atoms with van der Waals surface area (Å²) in [5, 5.41) is 10.8. The van der Waals surface area contributed by atoms with Crippen LogP contribution in [-0.2, 0) is 10.0 Å². The number of carbonyl (C=O) groups excluding carboxylic acids is 1. The first-order chi connectivity index (χ1) is 9.83. The Balaban J connectivity index is 2.51. The number of nitrogens with one attached hydrogen (secondary N) is 1. The van der Waals surface area contributed by atoms with Crippen LogP contribution in [0.2, 0.25) is 10.0 Å². The van der Waals surface area contributed by atoms with E-state index < -0.39 is 16.0 Å². The summed E-state index contributed by atoms with van der Waals surface area (Å²) in [5.74, 6) is -1.50. The summed E-state index contributed by atoms with van der Waals surface area (Å²) in [4.78, 5) is 10.7. The number of hydrogen-bond donors (Lipinski definition) is 1. The van der Waals surface area contributed by atoms with Gasteiger partial charge in [0.2, 0.25) is 0 Å². The number of carboxylic acid groups (broad SMARTS) is 1. The maximum Gasteiger partial charge on any atom is 0.264 e. The van der Waals surface area contributed by atoms with E-state index in [0.29, 0.717) is 0 Å². The van der Waals surface area contributed by atoms with Gasteiger partial charge in [-0.2, -0.15) is 0 Å². The Morgan fingerprint density at radius 1 is 1.00 bits per heavy atom. The maximum atomic E-state index is 12.3. The Hall–Kier alpha value is -1.76. The van der Waals surface area contributed by atoms with E-state index in [1.807, 2.05) is 0 Å². The molecular formula is C13H8Cl2NO4S-. The number of sulfonamides is 1. The van der Waals surface area contributed by atoms with E-state index >= 15 is 0 Å². The van der Waals surface area contributed by atoms with Gasteiger partial charge < -0.3 is 9.90 Å². The monoisotopic (exact) mass is 344 g/mol. The molecule has 2 aromatic carbocycles. The lowest BCUT2D eigenvalue weighted by Gasteiger charge is -2.14. The Kier molecular flexibility index (Phi) is 4.41. The Morgan fingerprint density at radius 2 is 1.57 bits per heavy atom. The largest absolute Gasteiger partial charge is 0.545 e. The van der Waals surface area contributed by atoms with E-state index in [4.69, 9.17) is 23.2 Å². The number of carbonyl (C=O) groups is 1. The maximum absolute atomic E-state index is 12.3. The molecule has 5 nitrogen and oxygen atoms in total. The molecule has 1 N–H and O–H groups in total. The van der Waals surface area contributed by atoms with Crippen LogP contribution in [0, 0.1) is 0 Å². The molecule has 0 aliphatic heterocycles. The van der Waals surface area contributed by atoms with Crippen molar-refractivity contribution in [3.05, 3.63) is 58.1 Å². The highest BCUT2D eigenvalue weighted by atomic mass is 35.5. The van der Waals surface area contributed by atoms with E-state index in [1.165, 1.54) is 42.5 Å². The van der Waals surface area contributed by atoms with Crippen molar-refractivity contribution in [3.63, 3.8) is 0 Å². The highest BCUT2D eigenvalue weighted by Crippen LogP contribution is 2.31. The van der Waals surface area contributed by atoms with Crippen LogP contribution in [0.4, 0.5) is 5.69 Å². The SMILES string of the molecule is O=C([O-])c1ccccc1NS(=O)(=O)c1c(Cl)cccc1Cl. The molecule has 0 saturated carbocycles. The molecule has 0 atom stereocenters. The molecule has 2 rings (SSSR count). The second kappa shape index (κ2) is 5.93. The first kappa shape index (κ1) is 15.6.